The summed E-state index contributed by atoms with van der Waals surface area (Å²) in [5, 5.41) is 0. The van der Waals surface area contributed by atoms with Gasteiger partial charge in [0.05, 0.1) is 10.5 Å². The highest BCUT2D eigenvalue weighted by molar-refractivity contribution is 9.10. The van der Waals surface area contributed by atoms with Crippen LogP contribution in [0.2, 0.25) is 0 Å². The maximum atomic E-state index is 12.8. The highest BCUT2D eigenvalue weighted by Crippen LogP contribution is 2.51. The third kappa shape index (κ3) is 3.29. The molecule has 0 radical (unpaired) electrons. The Morgan fingerprint density at radius 3 is 2.58 bits per heavy atom. The summed E-state index contributed by atoms with van der Waals surface area (Å²) in [6.45, 7) is 10.7. The van der Waals surface area contributed by atoms with Gasteiger partial charge < -0.3 is 0 Å². The van der Waals surface area contributed by atoms with Gasteiger partial charge in [-0.3, -0.25) is 0 Å². The molecule has 0 N–H and O–H groups in total. The summed E-state index contributed by atoms with van der Waals surface area (Å²) >= 11 is 3.60. The molecule has 1 aromatic rings. The van der Waals surface area contributed by atoms with E-state index in [0.717, 1.165) is 35.4 Å². The third-order valence-corrected chi connectivity index (χ3v) is 7.71. The normalized spacial score (nSPS) is 33.0. The molecule has 0 heterocycles. The molecule has 1 fully saturated rings. The van der Waals surface area contributed by atoms with Crippen LogP contribution < -0.4 is 0 Å². The lowest BCUT2D eigenvalue weighted by molar-refractivity contribution is 0.169. The fraction of sp³-hybridized carbons (Fsp3) is 0.650. The van der Waals surface area contributed by atoms with E-state index in [1.54, 1.807) is 0 Å². The Hall–Kier alpha value is -0.480. The second-order valence-electron chi connectivity index (χ2n) is 8.76. The van der Waals surface area contributed by atoms with Crippen LogP contribution in [0.4, 0.5) is 0 Å². The molecule has 2 nitrogen and oxygen atoms in total. The molecule has 0 saturated heterocycles. The number of benzene rings is 1. The van der Waals surface area contributed by atoms with E-state index in [2.05, 4.69) is 48.0 Å². The highest BCUT2D eigenvalue weighted by Gasteiger charge is 2.47. The van der Waals surface area contributed by atoms with Crippen molar-refractivity contribution < 1.29 is 4.21 Å². The summed E-state index contributed by atoms with van der Waals surface area (Å²) in [5.74, 6) is 1.45. The first-order valence-corrected chi connectivity index (χ1v) is 10.8. The Bertz CT molecular complexity index is 706. The van der Waals surface area contributed by atoms with Gasteiger partial charge in [-0.25, -0.2) is 4.21 Å². The smallest absolute Gasteiger partial charge is 0.145 e. The summed E-state index contributed by atoms with van der Waals surface area (Å²) in [6, 6.07) is 6.50. The minimum Gasteiger partial charge on any atom is -0.234 e. The molecule has 1 saturated carbocycles. The molecule has 132 valence electrons. The monoisotopic (exact) mass is 409 g/mol. The fourth-order valence-electron chi connectivity index (χ4n) is 4.11. The first kappa shape index (κ1) is 18.3. The van der Waals surface area contributed by atoms with Crippen LogP contribution in [0.5, 0.6) is 0 Å². The van der Waals surface area contributed by atoms with Crippen LogP contribution in [0, 0.1) is 17.3 Å². The van der Waals surface area contributed by atoms with Gasteiger partial charge in [0.25, 0.3) is 0 Å². The molecule has 0 unspecified atom stereocenters. The molecule has 24 heavy (non-hydrogen) atoms. The number of hydrogen-bond donors (Lipinski definition) is 0. The van der Waals surface area contributed by atoms with Crippen molar-refractivity contribution in [3.05, 3.63) is 33.8 Å². The third-order valence-electron chi connectivity index (χ3n) is 5.82. The molecule has 1 spiro atoms. The standard InChI is InChI=1S/C20H28BrNOS/c1-13-8-9-20(11-14(13)2)12-15-6-7-16(21)10-17(15)18(20)22-24(23)19(3,4)5/h6-7,10,13-14H,8-9,11-12H2,1-5H3/t13-,14-,20-,24-/m0/s1. The van der Waals surface area contributed by atoms with Crippen molar-refractivity contribution in [2.45, 2.75) is 65.0 Å². The molecule has 1 aromatic carbocycles. The lowest BCUT2D eigenvalue weighted by atomic mass is 9.64. The van der Waals surface area contributed by atoms with E-state index >= 15 is 0 Å². The van der Waals surface area contributed by atoms with Crippen molar-refractivity contribution in [1.82, 2.24) is 0 Å². The second-order valence-corrected chi connectivity index (χ2v) is 11.6. The number of hydrogen-bond acceptors (Lipinski definition) is 1. The minimum atomic E-state index is -1.22. The summed E-state index contributed by atoms with van der Waals surface area (Å²) in [6.07, 6.45) is 4.59. The first-order chi connectivity index (χ1) is 11.1. The maximum Gasteiger partial charge on any atom is 0.145 e. The van der Waals surface area contributed by atoms with Gasteiger partial charge >= 0.3 is 0 Å². The highest BCUT2D eigenvalue weighted by atomic mass is 79.9. The van der Waals surface area contributed by atoms with Crippen LogP contribution in [0.25, 0.3) is 0 Å². The van der Waals surface area contributed by atoms with E-state index in [0.29, 0.717) is 5.92 Å². The summed E-state index contributed by atoms with van der Waals surface area (Å²) in [5.41, 5.74) is 3.76. The van der Waals surface area contributed by atoms with E-state index < -0.39 is 11.0 Å². The molecule has 3 rings (SSSR count). The van der Waals surface area contributed by atoms with Crippen molar-refractivity contribution in [3.8, 4) is 0 Å². The van der Waals surface area contributed by atoms with Crippen LogP contribution in [0.15, 0.2) is 27.1 Å². The average Bonchev–Trinajstić information content (AvgIpc) is 2.76. The van der Waals surface area contributed by atoms with Gasteiger partial charge in [0.15, 0.2) is 0 Å². The Morgan fingerprint density at radius 2 is 1.96 bits per heavy atom. The Balaban J connectivity index is 2.10. The van der Waals surface area contributed by atoms with Crippen molar-refractivity contribution in [1.29, 1.82) is 0 Å². The van der Waals surface area contributed by atoms with E-state index in [-0.39, 0.29) is 10.2 Å². The number of nitrogens with zero attached hydrogens (tertiary/aromatic N) is 1. The first-order valence-electron chi connectivity index (χ1n) is 8.92. The van der Waals surface area contributed by atoms with E-state index in [4.69, 9.17) is 4.40 Å². The number of rotatable bonds is 1. The predicted octanol–water partition coefficient (Wildman–Crippen LogP) is 5.70. The largest absolute Gasteiger partial charge is 0.234 e. The van der Waals surface area contributed by atoms with Crippen LogP contribution in [-0.4, -0.2) is 14.7 Å². The van der Waals surface area contributed by atoms with Crippen LogP contribution in [0.3, 0.4) is 0 Å². The van der Waals surface area contributed by atoms with E-state index in [1.807, 2.05) is 20.8 Å². The van der Waals surface area contributed by atoms with Crippen molar-refractivity contribution >= 4 is 32.6 Å². The lowest BCUT2D eigenvalue weighted by Gasteiger charge is -2.40. The zero-order valence-corrected chi connectivity index (χ0v) is 17.8. The van der Waals surface area contributed by atoms with Crippen LogP contribution >= 0.6 is 15.9 Å². The van der Waals surface area contributed by atoms with E-state index in [9.17, 15) is 4.21 Å². The minimum absolute atomic E-state index is 0.0793. The molecule has 2 aliphatic carbocycles. The molecular formula is C20H28BrNOS. The van der Waals surface area contributed by atoms with Crippen molar-refractivity contribution in [3.63, 3.8) is 0 Å². The van der Waals surface area contributed by atoms with Crippen molar-refractivity contribution in [2.75, 3.05) is 0 Å². The molecule has 4 heteroatoms. The zero-order chi connectivity index (χ0) is 17.7. The van der Waals surface area contributed by atoms with Crippen LogP contribution in [0.1, 0.15) is 65.0 Å². The Morgan fingerprint density at radius 1 is 1.25 bits per heavy atom. The molecule has 2 aliphatic rings. The SMILES string of the molecule is C[C@H]1CC[C@@]2(Cc3ccc(Br)cc3C2=N[S@@](=O)C(C)(C)C)C[C@@H]1C. The zero-order valence-electron chi connectivity index (χ0n) is 15.4. The van der Waals surface area contributed by atoms with Gasteiger partial charge in [0.2, 0.25) is 0 Å². The fourth-order valence-corrected chi connectivity index (χ4v) is 5.20. The molecular weight excluding hydrogens is 382 g/mol. The van der Waals surface area contributed by atoms with E-state index in [1.165, 1.54) is 17.5 Å². The van der Waals surface area contributed by atoms with Gasteiger partial charge in [-0.15, -0.1) is 0 Å². The summed E-state index contributed by atoms with van der Waals surface area (Å²) in [7, 11) is -1.22. The van der Waals surface area contributed by atoms with Gasteiger partial charge in [0.1, 0.15) is 11.0 Å². The number of halogens is 1. The molecule has 0 bridgehead atoms. The van der Waals surface area contributed by atoms with Gasteiger partial charge in [-0.05, 0) is 76.0 Å². The maximum absolute atomic E-state index is 12.8. The molecule has 0 amide bonds. The van der Waals surface area contributed by atoms with Gasteiger partial charge in [-0.1, -0.05) is 35.8 Å². The average molecular weight is 410 g/mol. The molecule has 0 aliphatic heterocycles. The van der Waals surface area contributed by atoms with Crippen LogP contribution in [-0.2, 0) is 17.4 Å². The second kappa shape index (κ2) is 6.35. The quantitative estimate of drug-likeness (QED) is 0.584. The molecule has 4 atom stereocenters. The van der Waals surface area contributed by atoms with Gasteiger partial charge in [-0.2, -0.15) is 4.40 Å². The lowest BCUT2D eigenvalue weighted by Crippen LogP contribution is -2.37. The Kier molecular flexibility index (Phi) is 4.85. The van der Waals surface area contributed by atoms with Crippen molar-refractivity contribution in [2.24, 2.45) is 21.6 Å². The molecule has 0 aromatic heterocycles. The van der Waals surface area contributed by atoms with Gasteiger partial charge in [0, 0.05) is 15.5 Å². The Labute approximate surface area is 157 Å². The topological polar surface area (TPSA) is 29.4 Å². The summed E-state index contributed by atoms with van der Waals surface area (Å²) < 4.78 is 18.4. The summed E-state index contributed by atoms with van der Waals surface area (Å²) in [4.78, 5) is 0. The number of fused-ring (bicyclic) bond motifs is 1. The predicted molar refractivity (Wildman–Crippen MR) is 107 cm³/mol.